The first kappa shape index (κ1) is 13.9. The van der Waals surface area contributed by atoms with Gasteiger partial charge in [-0.15, -0.1) is 11.8 Å². The smallest absolute Gasteiger partial charge is 0.0568 e. The van der Waals surface area contributed by atoms with Gasteiger partial charge in [-0.05, 0) is 48.4 Å². The molecule has 0 aromatic heterocycles. The molecule has 0 heterocycles. The van der Waals surface area contributed by atoms with E-state index in [1.165, 1.54) is 35.3 Å². The van der Waals surface area contributed by atoms with Crippen LogP contribution in [0.3, 0.4) is 0 Å². The fraction of sp³-hybridized carbons (Fsp3) is 0.600. The molecule has 2 rings (SSSR count). The highest BCUT2D eigenvalue weighted by Crippen LogP contribution is 2.31. The zero-order chi connectivity index (χ0) is 13.1. The lowest BCUT2D eigenvalue weighted by Gasteiger charge is -2.24. The van der Waals surface area contributed by atoms with Gasteiger partial charge in [0.25, 0.3) is 0 Å². The van der Waals surface area contributed by atoms with E-state index in [1.54, 1.807) is 11.8 Å². The van der Waals surface area contributed by atoms with Gasteiger partial charge in [0, 0.05) is 16.2 Å². The Hall–Kier alpha value is -0.510. The van der Waals surface area contributed by atoms with Gasteiger partial charge >= 0.3 is 0 Å². The Bertz CT molecular complexity index is 405. The second-order valence-corrected chi connectivity index (χ2v) is 6.76. The Morgan fingerprint density at radius 1 is 1.28 bits per heavy atom. The standard InChI is InChI=1S/C15H23NOS/c1-10(2)15(16)14(9-17)18-13-7-6-11-4-3-5-12(11)8-13/h6-8,10,14-15,17H,3-5,9,16H2,1-2H3. The van der Waals surface area contributed by atoms with Gasteiger partial charge < -0.3 is 10.8 Å². The number of aliphatic hydroxyl groups is 1. The molecule has 0 spiro atoms. The van der Waals surface area contributed by atoms with Crippen LogP contribution in [0.5, 0.6) is 0 Å². The third-order valence-corrected chi connectivity index (χ3v) is 5.03. The van der Waals surface area contributed by atoms with E-state index in [1.807, 2.05) is 0 Å². The Labute approximate surface area is 114 Å². The number of aliphatic hydroxyl groups excluding tert-OH is 1. The zero-order valence-corrected chi connectivity index (χ0v) is 12.0. The number of benzene rings is 1. The van der Waals surface area contributed by atoms with Crippen molar-refractivity contribution in [3.8, 4) is 0 Å². The first-order valence-electron chi connectivity index (χ1n) is 6.76. The van der Waals surface area contributed by atoms with Gasteiger partial charge in [0.05, 0.1) is 6.61 Å². The van der Waals surface area contributed by atoms with E-state index in [0.29, 0.717) is 5.92 Å². The molecule has 0 radical (unpaired) electrons. The number of nitrogens with two attached hydrogens (primary N) is 1. The molecule has 0 amide bonds. The van der Waals surface area contributed by atoms with Gasteiger partial charge in [-0.3, -0.25) is 0 Å². The van der Waals surface area contributed by atoms with Crippen molar-refractivity contribution in [2.24, 2.45) is 11.7 Å². The lowest BCUT2D eigenvalue weighted by Crippen LogP contribution is -2.39. The third kappa shape index (κ3) is 3.08. The Morgan fingerprint density at radius 2 is 2.00 bits per heavy atom. The fourth-order valence-electron chi connectivity index (χ4n) is 2.46. The normalized spacial score (nSPS) is 17.8. The van der Waals surface area contributed by atoms with E-state index < -0.39 is 0 Å². The summed E-state index contributed by atoms with van der Waals surface area (Å²) in [5, 5.41) is 9.59. The lowest BCUT2D eigenvalue weighted by molar-refractivity contribution is 0.269. The van der Waals surface area contributed by atoms with Crippen molar-refractivity contribution in [3.63, 3.8) is 0 Å². The van der Waals surface area contributed by atoms with Crippen molar-refractivity contribution in [3.05, 3.63) is 29.3 Å². The molecule has 2 atom stereocenters. The molecule has 2 nitrogen and oxygen atoms in total. The first-order chi connectivity index (χ1) is 8.61. The molecule has 100 valence electrons. The molecule has 3 N–H and O–H groups in total. The Morgan fingerprint density at radius 3 is 2.67 bits per heavy atom. The predicted molar refractivity (Wildman–Crippen MR) is 78.0 cm³/mol. The van der Waals surface area contributed by atoms with E-state index in [2.05, 4.69) is 32.0 Å². The summed E-state index contributed by atoms with van der Waals surface area (Å²) < 4.78 is 0. The molecule has 1 aliphatic carbocycles. The number of hydrogen-bond acceptors (Lipinski definition) is 3. The summed E-state index contributed by atoms with van der Waals surface area (Å²) in [5.41, 5.74) is 9.13. The maximum atomic E-state index is 9.50. The minimum atomic E-state index is 0.0354. The number of aryl methyl sites for hydroxylation is 2. The minimum absolute atomic E-state index is 0.0354. The van der Waals surface area contributed by atoms with Crippen molar-refractivity contribution < 1.29 is 5.11 Å². The van der Waals surface area contributed by atoms with Crippen LogP contribution >= 0.6 is 11.8 Å². The summed E-state index contributed by atoms with van der Waals surface area (Å²) >= 11 is 1.72. The van der Waals surface area contributed by atoms with Gasteiger partial charge in [0.2, 0.25) is 0 Å². The van der Waals surface area contributed by atoms with Crippen LogP contribution in [0, 0.1) is 5.92 Å². The fourth-order valence-corrected chi connectivity index (χ4v) is 3.72. The highest BCUT2D eigenvalue weighted by Gasteiger charge is 2.22. The molecular weight excluding hydrogens is 242 g/mol. The number of fused-ring (bicyclic) bond motifs is 1. The van der Waals surface area contributed by atoms with E-state index in [9.17, 15) is 5.11 Å². The van der Waals surface area contributed by atoms with Crippen LogP contribution in [0.15, 0.2) is 23.1 Å². The minimum Gasteiger partial charge on any atom is -0.395 e. The van der Waals surface area contributed by atoms with Crippen LogP contribution in [0.1, 0.15) is 31.4 Å². The van der Waals surface area contributed by atoms with Crippen molar-refractivity contribution in [2.75, 3.05) is 6.61 Å². The maximum Gasteiger partial charge on any atom is 0.0568 e. The number of hydrogen-bond donors (Lipinski definition) is 2. The lowest BCUT2D eigenvalue weighted by atomic mass is 10.0. The topological polar surface area (TPSA) is 46.2 Å². The summed E-state index contributed by atoms with van der Waals surface area (Å²) in [6.07, 6.45) is 3.69. The summed E-state index contributed by atoms with van der Waals surface area (Å²) in [4.78, 5) is 1.24. The molecule has 0 saturated heterocycles. The maximum absolute atomic E-state index is 9.50. The average Bonchev–Trinajstić information content (AvgIpc) is 2.82. The van der Waals surface area contributed by atoms with Gasteiger partial charge in [-0.1, -0.05) is 19.9 Å². The average molecular weight is 265 g/mol. The summed E-state index contributed by atoms with van der Waals surface area (Å²) in [5.74, 6) is 0.393. The van der Waals surface area contributed by atoms with E-state index in [4.69, 9.17) is 5.73 Å². The van der Waals surface area contributed by atoms with Crippen LogP contribution in [-0.4, -0.2) is 23.0 Å². The van der Waals surface area contributed by atoms with Gasteiger partial charge in [-0.2, -0.15) is 0 Å². The molecule has 0 bridgehead atoms. The van der Waals surface area contributed by atoms with Crippen molar-refractivity contribution in [1.82, 2.24) is 0 Å². The molecule has 0 saturated carbocycles. The molecule has 2 unspecified atom stereocenters. The molecule has 18 heavy (non-hydrogen) atoms. The van der Waals surface area contributed by atoms with Crippen LogP contribution < -0.4 is 5.73 Å². The highest BCUT2D eigenvalue weighted by molar-refractivity contribution is 8.00. The number of thioether (sulfide) groups is 1. The largest absolute Gasteiger partial charge is 0.395 e. The van der Waals surface area contributed by atoms with Gasteiger partial charge in [0.15, 0.2) is 0 Å². The van der Waals surface area contributed by atoms with Crippen LogP contribution in [-0.2, 0) is 12.8 Å². The SMILES string of the molecule is CC(C)C(N)C(CO)Sc1ccc2c(c1)CCC2. The second-order valence-electron chi connectivity index (χ2n) is 5.44. The molecular formula is C15H23NOS. The Kier molecular flexibility index (Phi) is 4.71. The predicted octanol–water partition coefficient (Wildman–Crippen LogP) is 2.61. The van der Waals surface area contributed by atoms with E-state index in [-0.39, 0.29) is 17.9 Å². The van der Waals surface area contributed by atoms with Crippen LogP contribution in [0.4, 0.5) is 0 Å². The monoisotopic (exact) mass is 265 g/mol. The van der Waals surface area contributed by atoms with E-state index in [0.717, 1.165) is 0 Å². The summed E-state index contributed by atoms with van der Waals surface area (Å²) in [6, 6.07) is 6.72. The summed E-state index contributed by atoms with van der Waals surface area (Å²) in [7, 11) is 0. The molecule has 3 heteroatoms. The highest BCUT2D eigenvalue weighted by atomic mass is 32.2. The quantitative estimate of drug-likeness (QED) is 0.805. The summed E-state index contributed by atoms with van der Waals surface area (Å²) in [6.45, 7) is 4.36. The molecule has 0 aliphatic heterocycles. The third-order valence-electron chi connectivity index (χ3n) is 3.74. The van der Waals surface area contributed by atoms with Gasteiger partial charge in [-0.25, -0.2) is 0 Å². The first-order valence-corrected chi connectivity index (χ1v) is 7.64. The Balaban J connectivity index is 2.08. The van der Waals surface area contributed by atoms with Crippen molar-refractivity contribution >= 4 is 11.8 Å². The zero-order valence-electron chi connectivity index (χ0n) is 11.2. The van der Waals surface area contributed by atoms with E-state index >= 15 is 0 Å². The molecule has 1 aliphatic rings. The second kappa shape index (κ2) is 6.09. The van der Waals surface area contributed by atoms with Crippen molar-refractivity contribution in [2.45, 2.75) is 49.3 Å². The van der Waals surface area contributed by atoms with Crippen LogP contribution in [0.2, 0.25) is 0 Å². The van der Waals surface area contributed by atoms with Crippen LogP contribution in [0.25, 0.3) is 0 Å². The molecule has 1 aromatic rings. The van der Waals surface area contributed by atoms with Gasteiger partial charge in [0.1, 0.15) is 0 Å². The molecule has 1 aromatic carbocycles. The number of rotatable bonds is 5. The van der Waals surface area contributed by atoms with Crippen molar-refractivity contribution in [1.29, 1.82) is 0 Å². The molecule has 0 fully saturated rings.